The summed E-state index contributed by atoms with van der Waals surface area (Å²) >= 11 is 0. The minimum Gasteiger partial charge on any atom is -0.479 e. The van der Waals surface area contributed by atoms with Gasteiger partial charge < -0.3 is 14.9 Å². The summed E-state index contributed by atoms with van der Waals surface area (Å²) in [5, 5.41) is 18.2. The minimum atomic E-state index is -1.21. The molecule has 0 aromatic rings. The minimum absolute atomic E-state index is 0.0840. The zero-order valence-electron chi connectivity index (χ0n) is 8.11. The second kappa shape index (κ2) is 3.51. The van der Waals surface area contributed by atoms with Crippen LogP contribution in [-0.4, -0.2) is 34.5 Å². The zero-order chi connectivity index (χ0) is 10.2. The lowest BCUT2D eigenvalue weighted by molar-refractivity contribution is -0.171. The van der Waals surface area contributed by atoms with Crippen LogP contribution >= 0.6 is 0 Å². The van der Waals surface area contributed by atoms with Crippen molar-refractivity contribution >= 4 is 5.97 Å². The first-order valence-corrected chi connectivity index (χ1v) is 5.18. The van der Waals surface area contributed by atoms with Gasteiger partial charge in [-0.3, -0.25) is 0 Å². The number of hydrogen-bond donors (Lipinski definition) is 2. The average Bonchev–Trinajstić information content (AvgIpc) is 2.14. The van der Waals surface area contributed by atoms with E-state index in [0.29, 0.717) is 19.4 Å². The van der Waals surface area contributed by atoms with Crippen molar-refractivity contribution in [2.75, 3.05) is 6.61 Å². The Balaban J connectivity index is 1.96. The van der Waals surface area contributed by atoms with Crippen LogP contribution in [0.1, 0.15) is 32.1 Å². The predicted molar refractivity (Wildman–Crippen MR) is 48.9 cm³/mol. The molecule has 2 rings (SSSR count). The van der Waals surface area contributed by atoms with Crippen molar-refractivity contribution in [2.24, 2.45) is 5.92 Å². The number of aliphatic hydroxyl groups is 1. The molecule has 2 fully saturated rings. The van der Waals surface area contributed by atoms with Crippen molar-refractivity contribution in [3.63, 3.8) is 0 Å². The SMILES string of the molecule is O=C(O)C(O)C1CCOC2(CCC2)C1. The van der Waals surface area contributed by atoms with E-state index in [-0.39, 0.29) is 11.5 Å². The fourth-order valence-electron chi connectivity index (χ4n) is 2.46. The van der Waals surface area contributed by atoms with E-state index in [9.17, 15) is 9.90 Å². The highest BCUT2D eigenvalue weighted by atomic mass is 16.5. The van der Waals surface area contributed by atoms with Crippen molar-refractivity contribution in [2.45, 2.75) is 43.8 Å². The summed E-state index contributed by atoms with van der Waals surface area (Å²) in [5.74, 6) is -1.23. The molecule has 2 unspecified atom stereocenters. The third-order valence-electron chi connectivity index (χ3n) is 3.50. The first-order valence-electron chi connectivity index (χ1n) is 5.18. The molecule has 2 aliphatic rings. The molecule has 80 valence electrons. The number of aliphatic carboxylic acids is 1. The summed E-state index contributed by atoms with van der Waals surface area (Å²) in [4.78, 5) is 10.6. The van der Waals surface area contributed by atoms with Crippen LogP contribution in [0.15, 0.2) is 0 Å². The maximum atomic E-state index is 10.6. The molecule has 1 spiro atoms. The van der Waals surface area contributed by atoms with Crippen LogP contribution in [0.4, 0.5) is 0 Å². The largest absolute Gasteiger partial charge is 0.479 e. The van der Waals surface area contributed by atoms with Gasteiger partial charge in [-0.1, -0.05) is 0 Å². The molecule has 2 N–H and O–H groups in total. The standard InChI is InChI=1S/C10H16O4/c11-8(9(12)13)7-2-5-14-10(6-7)3-1-4-10/h7-8,11H,1-6H2,(H,12,13). The van der Waals surface area contributed by atoms with Crippen LogP contribution in [-0.2, 0) is 9.53 Å². The second-order valence-corrected chi connectivity index (χ2v) is 4.42. The highest BCUT2D eigenvalue weighted by Crippen LogP contribution is 2.44. The summed E-state index contributed by atoms with van der Waals surface area (Å²) in [6, 6.07) is 0. The summed E-state index contributed by atoms with van der Waals surface area (Å²) in [6.45, 7) is 0.592. The van der Waals surface area contributed by atoms with E-state index < -0.39 is 12.1 Å². The van der Waals surface area contributed by atoms with Gasteiger partial charge in [0, 0.05) is 12.5 Å². The molecule has 14 heavy (non-hydrogen) atoms. The van der Waals surface area contributed by atoms with Crippen molar-refractivity contribution in [1.29, 1.82) is 0 Å². The van der Waals surface area contributed by atoms with Gasteiger partial charge in [0.25, 0.3) is 0 Å². The van der Waals surface area contributed by atoms with Crippen LogP contribution in [0.2, 0.25) is 0 Å². The van der Waals surface area contributed by atoms with E-state index in [2.05, 4.69) is 0 Å². The number of aliphatic hydroxyl groups excluding tert-OH is 1. The van der Waals surface area contributed by atoms with Crippen molar-refractivity contribution in [3.05, 3.63) is 0 Å². The van der Waals surface area contributed by atoms with E-state index in [1.54, 1.807) is 0 Å². The quantitative estimate of drug-likeness (QED) is 0.691. The number of carboxylic acids is 1. The Morgan fingerprint density at radius 1 is 1.50 bits per heavy atom. The van der Waals surface area contributed by atoms with Gasteiger partial charge >= 0.3 is 5.97 Å². The Morgan fingerprint density at radius 2 is 2.21 bits per heavy atom. The van der Waals surface area contributed by atoms with E-state index in [0.717, 1.165) is 19.3 Å². The topological polar surface area (TPSA) is 66.8 Å². The lowest BCUT2D eigenvalue weighted by Crippen LogP contribution is -2.48. The third-order valence-corrected chi connectivity index (χ3v) is 3.50. The molecule has 0 radical (unpaired) electrons. The number of carbonyl (C=O) groups is 1. The van der Waals surface area contributed by atoms with Crippen LogP contribution < -0.4 is 0 Å². The van der Waals surface area contributed by atoms with Gasteiger partial charge in [-0.25, -0.2) is 4.79 Å². The van der Waals surface area contributed by atoms with Gasteiger partial charge in [-0.2, -0.15) is 0 Å². The van der Waals surface area contributed by atoms with Gasteiger partial charge in [0.15, 0.2) is 6.10 Å². The molecule has 2 atom stereocenters. The highest BCUT2D eigenvalue weighted by Gasteiger charge is 2.45. The molecule has 0 aromatic heterocycles. The monoisotopic (exact) mass is 200 g/mol. The first-order chi connectivity index (χ1) is 6.63. The summed E-state index contributed by atoms with van der Waals surface area (Å²) in [5.41, 5.74) is -0.0840. The van der Waals surface area contributed by atoms with Gasteiger partial charge in [0.05, 0.1) is 5.60 Å². The van der Waals surface area contributed by atoms with E-state index in [1.807, 2.05) is 0 Å². The van der Waals surface area contributed by atoms with Gasteiger partial charge in [0.2, 0.25) is 0 Å². The van der Waals surface area contributed by atoms with Crippen LogP contribution in [0, 0.1) is 5.92 Å². The van der Waals surface area contributed by atoms with E-state index >= 15 is 0 Å². The van der Waals surface area contributed by atoms with Crippen molar-refractivity contribution in [3.8, 4) is 0 Å². The molecule has 0 amide bonds. The lowest BCUT2D eigenvalue weighted by Gasteiger charge is -2.47. The summed E-state index contributed by atoms with van der Waals surface area (Å²) < 4.78 is 5.66. The Labute approximate surface area is 82.9 Å². The normalized spacial score (nSPS) is 32.2. The average molecular weight is 200 g/mol. The molecule has 1 aliphatic carbocycles. The molecule has 1 aliphatic heterocycles. The smallest absolute Gasteiger partial charge is 0.332 e. The molecule has 1 heterocycles. The fourth-order valence-corrected chi connectivity index (χ4v) is 2.46. The number of hydrogen-bond acceptors (Lipinski definition) is 3. The van der Waals surface area contributed by atoms with Gasteiger partial charge in [0.1, 0.15) is 0 Å². The number of carboxylic acid groups (broad SMARTS) is 1. The van der Waals surface area contributed by atoms with Crippen LogP contribution in [0.25, 0.3) is 0 Å². The second-order valence-electron chi connectivity index (χ2n) is 4.42. The van der Waals surface area contributed by atoms with E-state index in [4.69, 9.17) is 9.84 Å². The molecule has 4 heteroatoms. The Bertz CT molecular complexity index is 234. The molecule has 0 aromatic carbocycles. The number of rotatable bonds is 2. The Morgan fingerprint density at radius 3 is 2.71 bits per heavy atom. The first kappa shape index (κ1) is 9.93. The highest BCUT2D eigenvalue weighted by molar-refractivity contribution is 5.72. The molecule has 1 saturated carbocycles. The van der Waals surface area contributed by atoms with Crippen molar-refractivity contribution in [1.82, 2.24) is 0 Å². The summed E-state index contributed by atoms with van der Waals surface area (Å²) in [7, 11) is 0. The lowest BCUT2D eigenvalue weighted by atomic mass is 9.71. The maximum absolute atomic E-state index is 10.6. The van der Waals surface area contributed by atoms with Crippen LogP contribution in [0.5, 0.6) is 0 Å². The molecular formula is C10H16O4. The van der Waals surface area contributed by atoms with Gasteiger partial charge in [-0.15, -0.1) is 0 Å². The molecule has 1 saturated heterocycles. The van der Waals surface area contributed by atoms with Crippen molar-refractivity contribution < 1.29 is 19.7 Å². The maximum Gasteiger partial charge on any atom is 0.332 e. The number of ether oxygens (including phenoxy) is 1. The predicted octanol–water partition coefficient (Wildman–Crippen LogP) is 0.781. The van der Waals surface area contributed by atoms with E-state index in [1.165, 1.54) is 0 Å². The fraction of sp³-hybridized carbons (Fsp3) is 0.900. The molecule has 0 bridgehead atoms. The van der Waals surface area contributed by atoms with Crippen LogP contribution in [0.3, 0.4) is 0 Å². The summed E-state index contributed by atoms with van der Waals surface area (Å²) in [6.07, 6.45) is 3.37. The molecular weight excluding hydrogens is 184 g/mol. The third kappa shape index (κ3) is 1.64. The van der Waals surface area contributed by atoms with Gasteiger partial charge in [-0.05, 0) is 32.1 Å². The Kier molecular flexibility index (Phi) is 2.49. The Hall–Kier alpha value is -0.610. The zero-order valence-corrected chi connectivity index (χ0v) is 8.11. The molecule has 4 nitrogen and oxygen atoms in total.